The first-order valence-corrected chi connectivity index (χ1v) is 6.43. The van der Waals surface area contributed by atoms with E-state index >= 15 is 0 Å². The first-order chi connectivity index (χ1) is 10.7. The molecule has 0 radical (unpaired) electrons. The monoisotopic (exact) mass is 303 g/mol. The number of nitrogens with one attached hydrogen (secondary N) is 1. The van der Waals surface area contributed by atoms with Crippen molar-refractivity contribution in [1.29, 1.82) is 0 Å². The van der Waals surface area contributed by atoms with Crippen LogP contribution in [-0.2, 0) is 6.54 Å². The van der Waals surface area contributed by atoms with Crippen LogP contribution in [0, 0.1) is 0 Å². The molecule has 2 heterocycles. The van der Waals surface area contributed by atoms with Crippen LogP contribution in [0.25, 0.3) is 11.4 Å². The molecule has 1 aromatic carbocycles. The summed E-state index contributed by atoms with van der Waals surface area (Å²) in [5.41, 5.74) is 1.60. The van der Waals surface area contributed by atoms with Gasteiger partial charge in [-0.05, 0) is 5.56 Å². The molecule has 0 unspecified atom stereocenters. The maximum Gasteiger partial charge on any atom is 0.315 e. The molecule has 6 nitrogen and oxygen atoms in total. The number of aromatic nitrogens is 4. The van der Waals surface area contributed by atoms with E-state index in [4.69, 9.17) is 0 Å². The van der Waals surface area contributed by atoms with E-state index in [0.29, 0.717) is 17.9 Å². The normalized spacial score (nSPS) is 10.9. The van der Waals surface area contributed by atoms with Gasteiger partial charge in [-0.15, -0.1) is 0 Å². The smallest absolute Gasteiger partial charge is 0.315 e. The number of rotatable bonds is 5. The van der Waals surface area contributed by atoms with E-state index in [1.54, 1.807) is 30.7 Å². The Morgan fingerprint density at radius 3 is 2.59 bits per heavy atom. The van der Waals surface area contributed by atoms with E-state index in [2.05, 4.69) is 29.9 Å². The van der Waals surface area contributed by atoms with Crippen LogP contribution in [0.15, 0.2) is 47.4 Å². The van der Waals surface area contributed by atoms with E-state index in [9.17, 15) is 8.78 Å². The standard InChI is InChI=1S/C14H11F2N5O/c15-12(16)14-20-13(21-22-14)10-3-1-9(2-4-10)7-19-11-8-17-5-6-18-11/h1-6,8,12H,7H2,(H,18,19). The number of anilines is 1. The number of benzene rings is 1. The van der Waals surface area contributed by atoms with Gasteiger partial charge in [-0.3, -0.25) is 4.98 Å². The van der Waals surface area contributed by atoms with Crippen LogP contribution in [0.5, 0.6) is 0 Å². The molecule has 2 aromatic heterocycles. The van der Waals surface area contributed by atoms with Gasteiger partial charge in [0.25, 0.3) is 5.89 Å². The lowest BCUT2D eigenvalue weighted by Gasteiger charge is -2.05. The lowest BCUT2D eigenvalue weighted by molar-refractivity contribution is 0.106. The highest BCUT2D eigenvalue weighted by molar-refractivity contribution is 5.54. The molecule has 3 aromatic rings. The SMILES string of the molecule is FC(F)c1nc(-c2ccc(CNc3cnccn3)cc2)no1. The van der Waals surface area contributed by atoms with Crippen molar-refractivity contribution in [2.45, 2.75) is 13.0 Å². The number of halogens is 2. The second-order valence-electron chi connectivity index (χ2n) is 4.40. The Morgan fingerprint density at radius 1 is 1.14 bits per heavy atom. The van der Waals surface area contributed by atoms with Crippen LogP contribution in [0.1, 0.15) is 17.9 Å². The van der Waals surface area contributed by atoms with Crippen molar-refractivity contribution in [3.05, 3.63) is 54.3 Å². The van der Waals surface area contributed by atoms with Crippen LogP contribution >= 0.6 is 0 Å². The summed E-state index contributed by atoms with van der Waals surface area (Å²) in [7, 11) is 0. The van der Waals surface area contributed by atoms with E-state index in [1.165, 1.54) is 0 Å². The molecule has 0 saturated heterocycles. The average Bonchev–Trinajstić information content (AvgIpc) is 3.05. The summed E-state index contributed by atoms with van der Waals surface area (Å²) in [6, 6.07) is 7.18. The average molecular weight is 303 g/mol. The topological polar surface area (TPSA) is 76.7 Å². The highest BCUT2D eigenvalue weighted by atomic mass is 19.3. The summed E-state index contributed by atoms with van der Waals surface area (Å²) in [5.74, 6) is 0.137. The molecular formula is C14H11F2N5O. The quantitative estimate of drug-likeness (QED) is 0.780. The molecule has 0 aliphatic heterocycles. The summed E-state index contributed by atoms with van der Waals surface area (Å²) in [6.45, 7) is 0.563. The van der Waals surface area contributed by atoms with Gasteiger partial charge in [-0.25, -0.2) is 4.98 Å². The Morgan fingerprint density at radius 2 is 1.95 bits per heavy atom. The van der Waals surface area contributed by atoms with Gasteiger partial charge in [0.2, 0.25) is 5.82 Å². The third-order valence-electron chi connectivity index (χ3n) is 2.88. The van der Waals surface area contributed by atoms with Crippen molar-refractivity contribution in [3.8, 4) is 11.4 Å². The van der Waals surface area contributed by atoms with E-state index in [1.807, 2.05) is 12.1 Å². The zero-order valence-electron chi connectivity index (χ0n) is 11.3. The molecule has 0 fully saturated rings. The minimum atomic E-state index is -2.77. The molecule has 8 heteroatoms. The molecule has 0 amide bonds. The van der Waals surface area contributed by atoms with Gasteiger partial charge in [-0.2, -0.15) is 13.8 Å². The number of hydrogen-bond acceptors (Lipinski definition) is 6. The third-order valence-corrected chi connectivity index (χ3v) is 2.88. The van der Waals surface area contributed by atoms with Crippen molar-refractivity contribution < 1.29 is 13.3 Å². The van der Waals surface area contributed by atoms with Crippen molar-refractivity contribution in [2.24, 2.45) is 0 Å². The van der Waals surface area contributed by atoms with E-state index < -0.39 is 12.3 Å². The number of alkyl halides is 2. The molecule has 22 heavy (non-hydrogen) atoms. The van der Waals surface area contributed by atoms with Gasteiger partial charge in [0.15, 0.2) is 0 Å². The Hall–Kier alpha value is -2.90. The maximum atomic E-state index is 12.4. The molecular weight excluding hydrogens is 292 g/mol. The molecule has 0 spiro atoms. The molecule has 112 valence electrons. The molecule has 0 aliphatic carbocycles. The predicted octanol–water partition coefficient (Wildman–Crippen LogP) is 3.08. The summed E-state index contributed by atoms with van der Waals surface area (Å²) < 4.78 is 29.3. The van der Waals surface area contributed by atoms with E-state index in [0.717, 1.165) is 5.56 Å². The molecule has 0 atom stereocenters. The Balaban J connectivity index is 1.67. The number of nitrogens with zero attached hydrogens (tertiary/aromatic N) is 4. The number of hydrogen-bond donors (Lipinski definition) is 1. The van der Waals surface area contributed by atoms with Crippen molar-refractivity contribution in [2.75, 3.05) is 5.32 Å². The van der Waals surface area contributed by atoms with Crippen LogP contribution in [0.3, 0.4) is 0 Å². The lowest BCUT2D eigenvalue weighted by Crippen LogP contribution is -2.01. The summed E-state index contributed by atoms with van der Waals surface area (Å²) in [6.07, 6.45) is 2.05. The lowest BCUT2D eigenvalue weighted by atomic mass is 10.1. The van der Waals surface area contributed by atoms with E-state index in [-0.39, 0.29) is 5.82 Å². The largest absolute Gasteiger partial charge is 0.365 e. The van der Waals surface area contributed by atoms with Gasteiger partial charge < -0.3 is 9.84 Å². The fourth-order valence-corrected chi connectivity index (χ4v) is 1.80. The highest BCUT2D eigenvalue weighted by Crippen LogP contribution is 2.21. The molecule has 1 N–H and O–H groups in total. The van der Waals surface area contributed by atoms with Crippen LogP contribution in [0.2, 0.25) is 0 Å². The van der Waals surface area contributed by atoms with Crippen LogP contribution in [0.4, 0.5) is 14.6 Å². The fourth-order valence-electron chi connectivity index (χ4n) is 1.80. The van der Waals surface area contributed by atoms with Crippen molar-refractivity contribution >= 4 is 5.82 Å². The molecule has 0 saturated carbocycles. The Labute approximate surface area is 124 Å². The summed E-state index contributed by atoms with van der Waals surface area (Å²) in [4.78, 5) is 11.7. The zero-order chi connectivity index (χ0) is 15.4. The minimum absolute atomic E-state index is 0.142. The fraction of sp³-hybridized carbons (Fsp3) is 0.143. The molecule has 3 rings (SSSR count). The minimum Gasteiger partial charge on any atom is -0.365 e. The molecule has 0 bridgehead atoms. The first-order valence-electron chi connectivity index (χ1n) is 6.43. The van der Waals surface area contributed by atoms with Gasteiger partial charge in [0.05, 0.1) is 6.20 Å². The predicted molar refractivity (Wildman–Crippen MR) is 74.0 cm³/mol. The second kappa shape index (κ2) is 6.25. The van der Waals surface area contributed by atoms with Crippen LogP contribution in [-0.4, -0.2) is 20.1 Å². The summed E-state index contributed by atoms with van der Waals surface area (Å²) in [5, 5.41) is 6.65. The zero-order valence-corrected chi connectivity index (χ0v) is 11.3. The summed E-state index contributed by atoms with van der Waals surface area (Å²) >= 11 is 0. The second-order valence-corrected chi connectivity index (χ2v) is 4.40. The Bertz CT molecular complexity index is 731. The van der Waals surface area contributed by atoms with Crippen molar-refractivity contribution in [3.63, 3.8) is 0 Å². The first kappa shape index (κ1) is 14.1. The van der Waals surface area contributed by atoms with Gasteiger partial charge in [-0.1, -0.05) is 29.4 Å². The van der Waals surface area contributed by atoms with Crippen LogP contribution < -0.4 is 5.32 Å². The molecule has 0 aliphatic rings. The van der Waals surface area contributed by atoms with Gasteiger partial charge >= 0.3 is 6.43 Å². The van der Waals surface area contributed by atoms with Gasteiger partial charge in [0, 0.05) is 24.5 Å². The maximum absolute atomic E-state index is 12.4. The van der Waals surface area contributed by atoms with Gasteiger partial charge in [0.1, 0.15) is 5.82 Å². The Kier molecular flexibility index (Phi) is 3.99. The van der Waals surface area contributed by atoms with Crippen molar-refractivity contribution in [1.82, 2.24) is 20.1 Å². The highest BCUT2D eigenvalue weighted by Gasteiger charge is 2.17. The third kappa shape index (κ3) is 3.22.